The Morgan fingerprint density at radius 2 is 1.61 bits per heavy atom. The number of ether oxygens (including phenoxy) is 1. The maximum atomic E-state index is 14.2. The fourth-order valence-electron chi connectivity index (χ4n) is 6.78. The molecular formula is C33H54N4O8S. The Morgan fingerprint density at radius 1 is 1.00 bits per heavy atom. The van der Waals surface area contributed by atoms with Crippen molar-refractivity contribution in [3.8, 4) is 0 Å². The van der Waals surface area contributed by atoms with Crippen molar-refractivity contribution in [2.45, 2.75) is 122 Å². The van der Waals surface area contributed by atoms with E-state index < -0.39 is 62.0 Å². The third kappa shape index (κ3) is 8.68. The molecule has 5 atom stereocenters. The summed E-state index contributed by atoms with van der Waals surface area (Å²) in [5, 5.41) is 7.88. The molecule has 260 valence electrons. The average Bonchev–Trinajstić information content (AvgIpc) is 3.26. The van der Waals surface area contributed by atoms with Crippen molar-refractivity contribution in [3.63, 3.8) is 0 Å². The van der Waals surface area contributed by atoms with Crippen molar-refractivity contribution in [1.82, 2.24) is 20.9 Å². The minimum Gasteiger partial charge on any atom is -0.444 e. The molecule has 2 unspecified atom stereocenters. The highest BCUT2D eigenvalue weighted by molar-refractivity contribution is 7.92. The van der Waals surface area contributed by atoms with E-state index >= 15 is 0 Å². The molecule has 0 radical (unpaired) electrons. The Kier molecular flexibility index (Phi) is 11.4. The highest BCUT2D eigenvalue weighted by atomic mass is 32.2. The van der Waals surface area contributed by atoms with Crippen LogP contribution >= 0.6 is 0 Å². The molecule has 13 heteroatoms. The molecule has 3 aliphatic rings. The molecule has 3 rings (SSSR count). The maximum Gasteiger partial charge on any atom is 0.408 e. The van der Waals surface area contributed by atoms with Crippen molar-refractivity contribution in [3.05, 3.63) is 12.7 Å². The highest BCUT2D eigenvalue weighted by Gasteiger charge is 2.69. The molecule has 1 aliphatic heterocycles. The molecule has 12 nitrogen and oxygen atoms in total. The summed E-state index contributed by atoms with van der Waals surface area (Å²) in [5.74, 6) is -3.42. The number of carbonyl (C=O) groups is 5. The van der Waals surface area contributed by atoms with Gasteiger partial charge in [-0.1, -0.05) is 39.2 Å². The standard InChI is InChI=1S/C33H54N4O8S/c1-10-14-22(26(38)28(40)34-17-18-46(43,44)32(5,6)7)35-27(39)25-23-21(33(23,8)9)19-37(25)29(41)24(20-15-12-11-13-16-20)36-30(42)45-31(2,3)4/h10,20-25H,1,11-19H2,2-9H3,(H,34,40)(H,35,39)(H,36,42)/t21?,22?,23-,24-,25-/m0/s1. The molecule has 1 heterocycles. The monoisotopic (exact) mass is 666 g/mol. The van der Waals surface area contributed by atoms with Gasteiger partial charge in [-0.05, 0) is 84.0 Å². The molecule has 3 fully saturated rings. The zero-order valence-electron chi connectivity index (χ0n) is 28.7. The van der Waals surface area contributed by atoms with E-state index in [-0.39, 0.29) is 47.8 Å². The quantitative estimate of drug-likeness (QED) is 0.211. The van der Waals surface area contributed by atoms with Crippen molar-refractivity contribution in [1.29, 1.82) is 0 Å². The number of likely N-dealkylation sites (tertiary alicyclic amines) is 1. The highest BCUT2D eigenvalue weighted by Crippen LogP contribution is 2.65. The van der Waals surface area contributed by atoms with Gasteiger partial charge >= 0.3 is 6.09 Å². The van der Waals surface area contributed by atoms with Gasteiger partial charge in [0.05, 0.1) is 10.5 Å². The van der Waals surface area contributed by atoms with E-state index in [4.69, 9.17) is 4.74 Å². The number of piperidine rings is 1. The van der Waals surface area contributed by atoms with Crippen LogP contribution in [0.5, 0.6) is 0 Å². The van der Waals surface area contributed by atoms with E-state index in [1.807, 2.05) is 13.8 Å². The number of fused-ring (bicyclic) bond motifs is 1. The van der Waals surface area contributed by atoms with Gasteiger partial charge in [0.25, 0.3) is 5.91 Å². The third-order valence-corrected chi connectivity index (χ3v) is 12.3. The third-order valence-electron chi connectivity index (χ3n) is 9.67. The SMILES string of the molecule is C=CCC(NC(=O)[C@@H]1[C@@H]2C(CN1C(=O)[C@@H](NC(=O)OC(C)(C)C)C1CCCCC1)C2(C)C)C(=O)C(=O)NCCS(=O)(=O)C(C)(C)C. The molecule has 0 bridgehead atoms. The van der Waals surface area contributed by atoms with Crippen LogP contribution in [0.1, 0.15) is 93.9 Å². The first kappa shape index (κ1) is 37.5. The van der Waals surface area contributed by atoms with Gasteiger partial charge in [0.15, 0.2) is 9.84 Å². The van der Waals surface area contributed by atoms with E-state index in [1.165, 1.54) is 11.0 Å². The van der Waals surface area contributed by atoms with E-state index in [0.717, 1.165) is 32.1 Å². The molecule has 2 saturated carbocycles. The summed E-state index contributed by atoms with van der Waals surface area (Å²) in [6.45, 7) is 17.7. The summed E-state index contributed by atoms with van der Waals surface area (Å²) in [5.41, 5.74) is -0.975. The zero-order valence-corrected chi connectivity index (χ0v) is 29.6. The molecule has 4 amide bonds. The van der Waals surface area contributed by atoms with Gasteiger partial charge in [0, 0.05) is 13.1 Å². The molecular weight excluding hydrogens is 612 g/mol. The number of rotatable bonds is 12. The lowest BCUT2D eigenvalue weighted by Gasteiger charge is -2.37. The number of carbonyl (C=O) groups excluding carboxylic acids is 5. The number of nitrogens with zero attached hydrogens (tertiary/aromatic N) is 1. The van der Waals surface area contributed by atoms with Crippen molar-refractivity contribution >= 4 is 39.4 Å². The van der Waals surface area contributed by atoms with Crippen LogP contribution in [0.15, 0.2) is 12.7 Å². The number of nitrogens with one attached hydrogen (secondary N) is 3. The maximum absolute atomic E-state index is 14.2. The van der Waals surface area contributed by atoms with Crippen LogP contribution in [0, 0.1) is 23.2 Å². The number of sulfone groups is 1. The number of hydrogen-bond donors (Lipinski definition) is 3. The van der Waals surface area contributed by atoms with Gasteiger partial charge in [-0.3, -0.25) is 19.2 Å². The molecule has 0 aromatic heterocycles. The predicted octanol–water partition coefficient (Wildman–Crippen LogP) is 2.90. The number of amides is 4. The molecule has 1 saturated heterocycles. The smallest absolute Gasteiger partial charge is 0.408 e. The van der Waals surface area contributed by atoms with Crippen molar-refractivity contribution < 1.29 is 37.1 Å². The Morgan fingerprint density at radius 3 is 2.15 bits per heavy atom. The van der Waals surface area contributed by atoms with Crippen molar-refractivity contribution in [2.75, 3.05) is 18.8 Å². The first-order valence-electron chi connectivity index (χ1n) is 16.4. The van der Waals surface area contributed by atoms with E-state index in [2.05, 4.69) is 22.5 Å². The van der Waals surface area contributed by atoms with Gasteiger partial charge in [0.1, 0.15) is 23.7 Å². The van der Waals surface area contributed by atoms with Crippen LogP contribution in [0.3, 0.4) is 0 Å². The van der Waals surface area contributed by atoms with Gasteiger partial charge < -0.3 is 25.6 Å². The van der Waals surface area contributed by atoms with E-state index in [1.54, 1.807) is 41.5 Å². The summed E-state index contributed by atoms with van der Waals surface area (Å²) >= 11 is 0. The minimum atomic E-state index is -3.52. The molecule has 0 spiro atoms. The number of ketones is 1. The molecule has 46 heavy (non-hydrogen) atoms. The number of Topliss-reactive ketones (excluding diaryl/α,β-unsaturated/α-hetero) is 1. The normalized spacial score (nSPS) is 24.2. The lowest BCUT2D eigenvalue weighted by molar-refractivity contribution is -0.145. The van der Waals surface area contributed by atoms with Gasteiger partial charge in [-0.2, -0.15) is 0 Å². The Balaban J connectivity index is 1.78. The Hall–Kier alpha value is -2.96. The first-order valence-corrected chi connectivity index (χ1v) is 18.0. The van der Waals surface area contributed by atoms with Gasteiger partial charge in [-0.15, -0.1) is 6.58 Å². The number of alkyl carbamates (subject to hydrolysis) is 1. The fourth-order valence-corrected chi connectivity index (χ4v) is 7.76. The lowest BCUT2D eigenvalue weighted by atomic mass is 9.83. The summed E-state index contributed by atoms with van der Waals surface area (Å²) < 4.78 is 29.3. The molecule has 3 N–H and O–H groups in total. The first-order chi connectivity index (χ1) is 21.1. The molecule has 0 aromatic carbocycles. The predicted molar refractivity (Wildman–Crippen MR) is 174 cm³/mol. The van der Waals surface area contributed by atoms with Gasteiger partial charge in [0.2, 0.25) is 17.6 Å². The number of hydrogen-bond acceptors (Lipinski definition) is 8. The van der Waals surface area contributed by atoms with Crippen molar-refractivity contribution in [2.24, 2.45) is 23.2 Å². The summed E-state index contributed by atoms with van der Waals surface area (Å²) in [6.07, 6.45) is 5.11. The lowest BCUT2D eigenvalue weighted by Crippen LogP contribution is -2.59. The van der Waals surface area contributed by atoms with E-state index in [9.17, 15) is 32.4 Å². The van der Waals surface area contributed by atoms with Crippen LogP contribution in [0.25, 0.3) is 0 Å². The van der Waals surface area contributed by atoms with Crippen LogP contribution in [-0.4, -0.2) is 90.2 Å². The Labute approximate surface area is 274 Å². The van der Waals surface area contributed by atoms with Crippen LogP contribution < -0.4 is 16.0 Å². The summed E-state index contributed by atoms with van der Waals surface area (Å²) in [4.78, 5) is 68.5. The molecule has 2 aliphatic carbocycles. The zero-order chi connectivity index (χ0) is 34.8. The fraction of sp³-hybridized carbons (Fsp3) is 0.788. The average molecular weight is 667 g/mol. The summed E-state index contributed by atoms with van der Waals surface area (Å²) in [6, 6.07) is -3.03. The second-order valence-corrected chi connectivity index (χ2v) is 18.4. The van der Waals surface area contributed by atoms with Crippen LogP contribution in [0.2, 0.25) is 0 Å². The van der Waals surface area contributed by atoms with E-state index in [0.29, 0.717) is 6.54 Å². The van der Waals surface area contributed by atoms with Crippen LogP contribution in [0.4, 0.5) is 4.79 Å². The topological polar surface area (TPSA) is 168 Å². The molecule has 0 aromatic rings. The largest absolute Gasteiger partial charge is 0.444 e. The minimum absolute atomic E-state index is 0.0403. The Bertz CT molecular complexity index is 1310. The summed E-state index contributed by atoms with van der Waals surface area (Å²) in [7, 11) is -3.52. The van der Waals surface area contributed by atoms with Gasteiger partial charge in [-0.25, -0.2) is 13.2 Å². The second-order valence-electron chi connectivity index (χ2n) is 15.5. The second kappa shape index (κ2) is 14.0. The van der Waals surface area contributed by atoms with Crippen LogP contribution in [-0.2, 0) is 33.8 Å².